The van der Waals surface area contributed by atoms with Gasteiger partial charge in [0.05, 0.1) is 21.7 Å². The van der Waals surface area contributed by atoms with Gasteiger partial charge in [0.2, 0.25) is 0 Å². The van der Waals surface area contributed by atoms with Crippen molar-refractivity contribution in [3.05, 3.63) is 15.9 Å². The first-order valence-corrected chi connectivity index (χ1v) is 7.47. The van der Waals surface area contributed by atoms with Crippen LogP contribution in [-0.4, -0.2) is 33.6 Å². The van der Waals surface area contributed by atoms with Crippen LogP contribution in [0, 0.1) is 18.3 Å². The minimum absolute atomic E-state index is 0.0813. The molecule has 0 radical (unpaired) electrons. The first kappa shape index (κ1) is 16.2. The van der Waals surface area contributed by atoms with Crippen molar-refractivity contribution in [1.29, 1.82) is 5.41 Å². The standard InChI is InChI=1S/C13H24BrN5/c1-5-18(7-9(3)13(15)16)8-11-12(14)10(4)17-19(11)6-2/h9H,5-8H2,1-4H3,(H3,15,16). The molecule has 6 heteroatoms. The molecule has 1 atom stereocenters. The highest BCUT2D eigenvalue weighted by Crippen LogP contribution is 2.22. The highest BCUT2D eigenvalue weighted by molar-refractivity contribution is 9.10. The van der Waals surface area contributed by atoms with Gasteiger partial charge in [-0.1, -0.05) is 13.8 Å². The van der Waals surface area contributed by atoms with E-state index in [9.17, 15) is 0 Å². The van der Waals surface area contributed by atoms with E-state index in [4.69, 9.17) is 11.1 Å². The van der Waals surface area contributed by atoms with E-state index in [1.165, 1.54) is 5.69 Å². The Morgan fingerprint density at radius 2 is 2.16 bits per heavy atom. The van der Waals surface area contributed by atoms with Crippen molar-refractivity contribution >= 4 is 21.8 Å². The van der Waals surface area contributed by atoms with Crippen LogP contribution in [0.5, 0.6) is 0 Å². The molecule has 0 aliphatic rings. The molecule has 3 N–H and O–H groups in total. The zero-order valence-electron chi connectivity index (χ0n) is 12.2. The van der Waals surface area contributed by atoms with Gasteiger partial charge in [-0.2, -0.15) is 5.10 Å². The topological polar surface area (TPSA) is 70.9 Å². The molecule has 19 heavy (non-hydrogen) atoms. The lowest BCUT2D eigenvalue weighted by atomic mass is 10.1. The van der Waals surface area contributed by atoms with E-state index < -0.39 is 0 Å². The molecule has 1 rings (SSSR count). The summed E-state index contributed by atoms with van der Waals surface area (Å²) >= 11 is 3.62. The Hall–Kier alpha value is -0.880. The molecule has 0 aliphatic carbocycles. The molecule has 108 valence electrons. The highest BCUT2D eigenvalue weighted by Gasteiger charge is 2.17. The van der Waals surface area contributed by atoms with Crippen LogP contribution in [0.2, 0.25) is 0 Å². The van der Waals surface area contributed by atoms with Crippen LogP contribution in [-0.2, 0) is 13.1 Å². The van der Waals surface area contributed by atoms with E-state index in [0.717, 1.165) is 36.3 Å². The number of nitrogens with zero attached hydrogens (tertiary/aromatic N) is 3. The van der Waals surface area contributed by atoms with Crippen LogP contribution in [0.25, 0.3) is 0 Å². The summed E-state index contributed by atoms with van der Waals surface area (Å²) < 4.78 is 3.11. The number of nitrogens with one attached hydrogen (secondary N) is 1. The number of aromatic nitrogens is 2. The molecule has 0 saturated carbocycles. The van der Waals surface area contributed by atoms with Gasteiger partial charge in [-0.25, -0.2) is 0 Å². The lowest BCUT2D eigenvalue weighted by molar-refractivity contribution is 0.254. The summed E-state index contributed by atoms with van der Waals surface area (Å²) in [5, 5.41) is 12.0. The zero-order chi connectivity index (χ0) is 14.6. The number of aryl methyl sites for hydroxylation is 2. The van der Waals surface area contributed by atoms with Crippen LogP contribution < -0.4 is 5.73 Å². The molecule has 1 heterocycles. The van der Waals surface area contributed by atoms with Gasteiger partial charge in [0.15, 0.2) is 0 Å². The molecule has 0 amide bonds. The third kappa shape index (κ3) is 4.04. The molecule has 5 nitrogen and oxygen atoms in total. The second kappa shape index (κ2) is 7.05. The maximum absolute atomic E-state index is 7.50. The van der Waals surface area contributed by atoms with Gasteiger partial charge in [0, 0.05) is 25.6 Å². The second-order valence-corrected chi connectivity index (χ2v) is 5.64. The van der Waals surface area contributed by atoms with Gasteiger partial charge in [-0.3, -0.25) is 15.0 Å². The summed E-state index contributed by atoms with van der Waals surface area (Å²) in [5.74, 6) is 0.329. The number of hydrogen-bond acceptors (Lipinski definition) is 3. The van der Waals surface area contributed by atoms with E-state index in [1.54, 1.807) is 0 Å². The van der Waals surface area contributed by atoms with Crippen LogP contribution in [0.1, 0.15) is 32.2 Å². The largest absolute Gasteiger partial charge is 0.387 e. The second-order valence-electron chi connectivity index (χ2n) is 4.85. The molecular formula is C13H24BrN5. The van der Waals surface area contributed by atoms with Gasteiger partial charge in [0.1, 0.15) is 0 Å². The molecule has 0 saturated heterocycles. The number of halogens is 1. The maximum Gasteiger partial charge on any atom is 0.0947 e. The van der Waals surface area contributed by atoms with Crippen molar-refractivity contribution in [2.24, 2.45) is 11.7 Å². The van der Waals surface area contributed by atoms with Crippen LogP contribution in [0.4, 0.5) is 0 Å². The van der Waals surface area contributed by atoms with Crippen molar-refractivity contribution in [2.75, 3.05) is 13.1 Å². The lowest BCUT2D eigenvalue weighted by Gasteiger charge is -2.24. The van der Waals surface area contributed by atoms with Gasteiger partial charge in [-0.15, -0.1) is 0 Å². The minimum Gasteiger partial charge on any atom is -0.387 e. The van der Waals surface area contributed by atoms with Crippen molar-refractivity contribution in [2.45, 2.75) is 40.8 Å². The lowest BCUT2D eigenvalue weighted by Crippen LogP contribution is -2.34. The molecule has 0 fully saturated rings. The fraction of sp³-hybridized carbons (Fsp3) is 0.692. The fourth-order valence-corrected chi connectivity index (χ4v) is 2.43. The Labute approximate surface area is 123 Å². The number of rotatable bonds is 7. The number of amidine groups is 1. The quantitative estimate of drug-likeness (QED) is 0.596. The summed E-state index contributed by atoms with van der Waals surface area (Å²) in [5.41, 5.74) is 7.77. The molecule has 0 spiro atoms. The molecule has 1 unspecified atom stereocenters. The average molecular weight is 330 g/mol. The maximum atomic E-state index is 7.50. The zero-order valence-corrected chi connectivity index (χ0v) is 13.8. The Kier molecular flexibility index (Phi) is 6.00. The SMILES string of the molecule is CCN(Cc1c(Br)c(C)nn1CC)CC(C)C(=N)N. The van der Waals surface area contributed by atoms with Crippen molar-refractivity contribution in [1.82, 2.24) is 14.7 Å². The van der Waals surface area contributed by atoms with Gasteiger partial charge >= 0.3 is 0 Å². The number of hydrogen-bond donors (Lipinski definition) is 2. The van der Waals surface area contributed by atoms with Crippen LogP contribution in [0.15, 0.2) is 4.47 Å². The normalized spacial score (nSPS) is 12.9. The monoisotopic (exact) mass is 329 g/mol. The van der Waals surface area contributed by atoms with Crippen molar-refractivity contribution in [3.8, 4) is 0 Å². The predicted molar refractivity (Wildman–Crippen MR) is 82.4 cm³/mol. The summed E-state index contributed by atoms with van der Waals surface area (Å²) in [6, 6.07) is 0. The Bertz CT molecular complexity index is 440. The average Bonchev–Trinajstić information content (AvgIpc) is 2.64. The van der Waals surface area contributed by atoms with E-state index in [0.29, 0.717) is 0 Å². The Balaban J connectivity index is 2.84. The molecule has 1 aromatic heterocycles. The summed E-state index contributed by atoms with van der Waals surface area (Å²) in [6.07, 6.45) is 0. The van der Waals surface area contributed by atoms with E-state index in [1.807, 2.05) is 18.5 Å². The van der Waals surface area contributed by atoms with Crippen LogP contribution >= 0.6 is 15.9 Å². The van der Waals surface area contributed by atoms with E-state index >= 15 is 0 Å². The molecule has 0 bridgehead atoms. The van der Waals surface area contributed by atoms with Crippen molar-refractivity contribution < 1.29 is 0 Å². The van der Waals surface area contributed by atoms with Gasteiger partial charge < -0.3 is 5.73 Å². The molecule has 0 aliphatic heterocycles. The summed E-state index contributed by atoms with van der Waals surface area (Å²) in [7, 11) is 0. The van der Waals surface area contributed by atoms with E-state index in [2.05, 4.69) is 39.8 Å². The van der Waals surface area contributed by atoms with Crippen LogP contribution in [0.3, 0.4) is 0 Å². The van der Waals surface area contributed by atoms with Gasteiger partial charge in [0.25, 0.3) is 0 Å². The van der Waals surface area contributed by atoms with Crippen molar-refractivity contribution in [3.63, 3.8) is 0 Å². The van der Waals surface area contributed by atoms with Gasteiger partial charge in [-0.05, 0) is 36.3 Å². The smallest absolute Gasteiger partial charge is 0.0947 e. The third-order valence-corrected chi connectivity index (χ3v) is 4.37. The number of nitrogens with two attached hydrogens (primary N) is 1. The Morgan fingerprint density at radius 3 is 2.63 bits per heavy atom. The highest BCUT2D eigenvalue weighted by atomic mass is 79.9. The van der Waals surface area contributed by atoms with E-state index in [-0.39, 0.29) is 11.8 Å². The minimum atomic E-state index is 0.0813. The predicted octanol–water partition coefficient (Wildman–Crippen LogP) is 2.37. The summed E-state index contributed by atoms with van der Waals surface area (Å²) in [6.45, 7) is 11.6. The first-order valence-electron chi connectivity index (χ1n) is 6.68. The first-order chi connectivity index (χ1) is 8.90. The summed E-state index contributed by atoms with van der Waals surface area (Å²) in [4.78, 5) is 2.29. The Morgan fingerprint density at radius 1 is 1.53 bits per heavy atom. The fourth-order valence-electron chi connectivity index (χ4n) is 2.02. The molecule has 1 aromatic rings. The molecule has 0 aromatic carbocycles. The molecular weight excluding hydrogens is 306 g/mol. The third-order valence-electron chi connectivity index (χ3n) is 3.34.